The third kappa shape index (κ3) is 6.99. The molecule has 0 spiro atoms. The largest absolute Gasteiger partial charge is 0.472 e. The number of carbonyl (C=O) groups excluding carboxylic acids is 1. The molecule has 2 unspecified atom stereocenters. The zero-order valence-electron chi connectivity index (χ0n) is 17.4. The van der Waals surface area contributed by atoms with Crippen molar-refractivity contribution in [2.75, 3.05) is 0 Å². The van der Waals surface area contributed by atoms with Crippen LogP contribution in [0.25, 0.3) is 0 Å². The molecule has 3 atom stereocenters. The molecule has 1 aromatic rings. The van der Waals surface area contributed by atoms with Crippen molar-refractivity contribution in [2.24, 2.45) is 23.2 Å². The van der Waals surface area contributed by atoms with Crippen LogP contribution in [0.4, 0.5) is 0 Å². The lowest BCUT2D eigenvalue weighted by Gasteiger charge is -2.36. The minimum absolute atomic E-state index is 0.188. The first-order chi connectivity index (χ1) is 11.9. The molecule has 2 heteroatoms. The highest BCUT2D eigenvalue weighted by Crippen LogP contribution is 2.44. The molecule has 1 heterocycles. The SMILES string of the molecule is CC.CC1CCCCC(C)(C)C1CC(=O)[C@@H](C)CCCc1ccoc1. The Morgan fingerprint density at radius 2 is 2.04 bits per heavy atom. The van der Waals surface area contributed by atoms with Crippen LogP contribution >= 0.6 is 0 Å². The maximum atomic E-state index is 12.7. The number of hydrogen-bond donors (Lipinski definition) is 0. The first-order valence-corrected chi connectivity index (χ1v) is 10.4. The number of furan rings is 1. The Morgan fingerprint density at radius 3 is 2.68 bits per heavy atom. The van der Waals surface area contributed by atoms with E-state index in [0.717, 1.165) is 25.7 Å². The number of carbonyl (C=O) groups is 1. The van der Waals surface area contributed by atoms with Crippen LogP contribution in [0.2, 0.25) is 0 Å². The van der Waals surface area contributed by atoms with Crippen molar-refractivity contribution in [2.45, 2.75) is 92.9 Å². The van der Waals surface area contributed by atoms with Gasteiger partial charge in [-0.1, -0.05) is 60.8 Å². The van der Waals surface area contributed by atoms with E-state index in [0.29, 0.717) is 23.0 Å². The van der Waals surface area contributed by atoms with Gasteiger partial charge in [-0.3, -0.25) is 4.79 Å². The number of Topliss-reactive ketones (excluding diaryl/α,β-unsaturated/α-hetero) is 1. The molecule has 1 saturated carbocycles. The van der Waals surface area contributed by atoms with Crippen LogP contribution in [-0.4, -0.2) is 5.78 Å². The standard InChI is InChI=1S/C21H34O2.C2H6/c1-16-8-5-6-12-21(3,4)19(16)14-20(22)17(2)9-7-10-18-11-13-23-15-18;1-2/h11,13,15-17,19H,5-10,12,14H2,1-4H3;1-2H3/t16?,17-,19?;/m0./s1. The summed E-state index contributed by atoms with van der Waals surface area (Å²) in [4.78, 5) is 12.7. The van der Waals surface area contributed by atoms with Gasteiger partial charge >= 0.3 is 0 Å². The van der Waals surface area contributed by atoms with Gasteiger partial charge in [0.1, 0.15) is 5.78 Å². The molecule has 0 saturated heterocycles. The van der Waals surface area contributed by atoms with Crippen molar-refractivity contribution in [3.63, 3.8) is 0 Å². The highest BCUT2D eigenvalue weighted by molar-refractivity contribution is 5.81. The van der Waals surface area contributed by atoms with Gasteiger partial charge < -0.3 is 4.42 Å². The van der Waals surface area contributed by atoms with E-state index >= 15 is 0 Å². The summed E-state index contributed by atoms with van der Waals surface area (Å²) in [5.41, 5.74) is 1.55. The molecule has 0 bridgehead atoms. The van der Waals surface area contributed by atoms with Gasteiger partial charge in [-0.2, -0.15) is 0 Å². The Balaban J connectivity index is 0.00000151. The van der Waals surface area contributed by atoms with Gasteiger partial charge in [0, 0.05) is 12.3 Å². The molecule has 144 valence electrons. The van der Waals surface area contributed by atoms with E-state index in [1.807, 2.05) is 26.2 Å². The quantitative estimate of drug-likeness (QED) is 0.493. The highest BCUT2D eigenvalue weighted by Gasteiger charge is 2.36. The second-order valence-corrected chi connectivity index (χ2v) is 8.41. The predicted molar refractivity (Wildman–Crippen MR) is 107 cm³/mol. The summed E-state index contributed by atoms with van der Waals surface area (Å²) >= 11 is 0. The second kappa shape index (κ2) is 10.8. The molecule has 25 heavy (non-hydrogen) atoms. The Morgan fingerprint density at radius 1 is 1.32 bits per heavy atom. The Hall–Kier alpha value is -1.05. The highest BCUT2D eigenvalue weighted by atomic mass is 16.3. The maximum Gasteiger partial charge on any atom is 0.136 e. The summed E-state index contributed by atoms with van der Waals surface area (Å²) in [6.07, 6.45) is 12.6. The van der Waals surface area contributed by atoms with E-state index in [4.69, 9.17) is 4.42 Å². The Kier molecular flexibility index (Phi) is 9.53. The van der Waals surface area contributed by atoms with E-state index in [1.165, 1.54) is 31.2 Å². The Bertz CT molecular complexity index is 472. The molecule has 1 aromatic heterocycles. The van der Waals surface area contributed by atoms with Crippen molar-refractivity contribution in [3.05, 3.63) is 24.2 Å². The number of ketones is 1. The molecule has 0 radical (unpaired) electrons. The normalized spacial score (nSPS) is 23.9. The van der Waals surface area contributed by atoms with Crippen LogP contribution in [0.15, 0.2) is 23.0 Å². The fraction of sp³-hybridized carbons (Fsp3) is 0.783. The summed E-state index contributed by atoms with van der Waals surface area (Å²) in [5.74, 6) is 1.89. The zero-order valence-corrected chi connectivity index (χ0v) is 17.4. The van der Waals surface area contributed by atoms with Gasteiger partial charge in [0.25, 0.3) is 0 Å². The molecule has 1 fully saturated rings. The predicted octanol–water partition coefficient (Wildman–Crippen LogP) is 7.08. The molecule has 0 aliphatic heterocycles. The van der Waals surface area contributed by atoms with E-state index in [-0.39, 0.29) is 5.92 Å². The average Bonchev–Trinajstić information content (AvgIpc) is 3.06. The fourth-order valence-electron chi connectivity index (χ4n) is 4.31. The summed E-state index contributed by atoms with van der Waals surface area (Å²) in [6.45, 7) is 13.2. The lowest BCUT2D eigenvalue weighted by atomic mass is 9.68. The first-order valence-electron chi connectivity index (χ1n) is 10.4. The topological polar surface area (TPSA) is 30.2 Å². The number of rotatable bonds is 7. The zero-order chi connectivity index (χ0) is 18.9. The molecule has 0 amide bonds. The second-order valence-electron chi connectivity index (χ2n) is 8.41. The van der Waals surface area contributed by atoms with E-state index in [9.17, 15) is 4.79 Å². The van der Waals surface area contributed by atoms with E-state index < -0.39 is 0 Å². The van der Waals surface area contributed by atoms with Crippen molar-refractivity contribution in [3.8, 4) is 0 Å². The minimum atomic E-state index is 0.188. The molecular formula is C23H40O2. The maximum absolute atomic E-state index is 12.7. The summed E-state index contributed by atoms with van der Waals surface area (Å²) in [5, 5.41) is 0. The van der Waals surface area contributed by atoms with Crippen molar-refractivity contribution >= 4 is 5.78 Å². The lowest BCUT2D eigenvalue weighted by molar-refractivity contribution is -0.125. The summed E-state index contributed by atoms with van der Waals surface area (Å²) in [7, 11) is 0. The van der Waals surface area contributed by atoms with E-state index in [1.54, 1.807) is 6.26 Å². The minimum Gasteiger partial charge on any atom is -0.472 e. The number of hydrogen-bond acceptors (Lipinski definition) is 2. The van der Waals surface area contributed by atoms with Crippen molar-refractivity contribution in [1.29, 1.82) is 0 Å². The van der Waals surface area contributed by atoms with E-state index in [2.05, 4.69) is 27.7 Å². The third-order valence-corrected chi connectivity index (χ3v) is 6.07. The third-order valence-electron chi connectivity index (χ3n) is 6.07. The Labute approximate surface area is 155 Å². The van der Waals surface area contributed by atoms with Gasteiger partial charge in [-0.05, 0) is 54.6 Å². The molecule has 0 N–H and O–H groups in total. The molecule has 1 aliphatic carbocycles. The molecule has 1 aliphatic rings. The fourth-order valence-corrected chi connectivity index (χ4v) is 4.31. The van der Waals surface area contributed by atoms with Crippen LogP contribution < -0.4 is 0 Å². The van der Waals surface area contributed by atoms with Crippen LogP contribution in [0.5, 0.6) is 0 Å². The average molecular weight is 349 g/mol. The monoisotopic (exact) mass is 348 g/mol. The summed E-state index contributed by atoms with van der Waals surface area (Å²) in [6, 6.07) is 2.02. The van der Waals surface area contributed by atoms with Crippen LogP contribution in [0.3, 0.4) is 0 Å². The smallest absolute Gasteiger partial charge is 0.136 e. The van der Waals surface area contributed by atoms with Crippen molar-refractivity contribution < 1.29 is 9.21 Å². The van der Waals surface area contributed by atoms with Gasteiger partial charge in [0.2, 0.25) is 0 Å². The number of aryl methyl sites for hydroxylation is 1. The van der Waals surface area contributed by atoms with Crippen LogP contribution in [-0.2, 0) is 11.2 Å². The van der Waals surface area contributed by atoms with Crippen LogP contribution in [0.1, 0.15) is 92.1 Å². The van der Waals surface area contributed by atoms with Gasteiger partial charge in [-0.25, -0.2) is 0 Å². The van der Waals surface area contributed by atoms with Gasteiger partial charge in [0.05, 0.1) is 12.5 Å². The van der Waals surface area contributed by atoms with Crippen LogP contribution in [0, 0.1) is 23.2 Å². The molecule has 2 rings (SSSR count). The molecule has 0 aromatic carbocycles. The lowest BCUT2D eigenvalue weighted by Crippen LogP contribution is -2.31. The first kappa shape index (κ1) is 22.0. The molecule has 2 nitrogen and oxygen atoms in total. The molecular weight excluding hydrogens is 308 g/mol. The summed E-state index contributed by atoms with van der Waals surface area (Å²) < 4.78 is 5.10. The van der Waals surface area contributed by atoms with Gasteiger partial charge in [-0.15, -0.1) is 0 Å². The van der Waals surface area contributed by atoms with Gasteiger partial charge in [0.15, 0.2) is 0 Å². The van der Waals surface area contributed by atoms with Crippen molar-refractivity contribution in [1.82, 2.24) is 0 Å².